The predicted molar refractivity (Wildman–Crippen MR) is 122 cm³/mol. The Kier molecular flexibility index (Phi) is 5.03. The highest BCUT2D eigenvalue weighted by Gasteiger charge is 2.71. The van der Waals surface area contributed by atoms with Gasteiger partial charge in [0.05, 0.1) is 16.7 Å². The summed E-state index contributed by atoms with van der Waals surface area (Å²) in [5.41, 5.74) is 3.09. The lowest BCUT2D eigenvalue weighted by molar-refractivity contribution is -0.130. The van der Waals surface area contributed by atoms with Gasteiger partial charge in [0, 0.05) is 17.5 Å². The van der Waals surface area contributed by atoms with Crippen LogP contribution in [0.4, 0.5) is 5.69 Å². The molecule has 2 aromatic carbocycles. The van der Waals surface area contributed by atoms with Gasteiger partial charge >= 0.3 is 5.97 Å². The van der Waals surface area contributed by atoms with Crippen LogP contribution in [0.25, 0.3) is 0 Å². The summed E-state index contributed by atoms with van der Waals surface area (Å²) in [6, 6.07) is 15.1. The van der Waals surface area contributed by atoms with Crippen molar-refractivity contribution in [1.82, 2.24) is 0 Å². The topological polar surface area (TPSA) is 67.8 Å². The van der Waals surface area contributed by atoms with Crippen LogP contribution in [0.3, 0.4) is 0 Å². The molecule has 0 saturated heterocycles. The number of nitrogens with zero attached hydrogens (tertiary/aromatic N) is 1. The normalized spacial score (nSPS) is 27.3. The minimum Gasteiger partial charge on any atom is -0.326 e. The summed E-state index contributed by atoms with van der Waals surface area (Å²) >= 11 is 0. The standard InChI is InChI=1S/C26H30N2O3/c1-17-6-10-19(11-7-17)22(29)31-28-21-16-26(15-14-25(21,5)24(26,3)4)23(30)27-20-12-8-18(2)9-13-20/h6-13H,14-16H2,1-5H3,(H,27,30). The fraction of sp³-hybridized carbons (Fsp3) is 0.423. The zero-order valence-electron chi connectivity index (χ0n) is 18.9. The van der Waals surface area contributed by atoms with Gasteiger partial charge in [0.1, 0.15) is 0 Å². The highest BCUT2D eigenvalue weighted by Crippen LogP contribution is 2.71. The van der Waals surface area contributed by atoms with Crippen molar-refractivity contribution >= 4 is 23.3 Å². The first kappa shape index (κ1) is 21.3. The van der Waals surface area contributed by atoms with Gasteiger partial charge in [0.25, 0.3) is 0 Å². The zero-order valence-corrected chi connectivity index (χ0v) is 18.9. The number of anilines is 1. The van der Waals surface area contributed by atoms with Gasteiger partial charge in [-0.25, -0.2) is 4.79 Å². The minimum absolute atomic E-state index is 0.0140. The van der Waals surface area contributed by atoms with E-state index in [1.165, 1.54) is 0 Å². The van der Waals surface area contributed by atoms with E-state index in [-0.39, 0.29) is 16.7 Å². The fourth-order valence-electron chi connectivity index (χ4n) is 5.25. The van der Waals surface area contributed by atoms with Crippen LogP contribution in [-0.4, -0.2) is 17.6 Å². The van der Waals surface area contributed by atoms with Crippen molar-refractivity contribution < 1.29 is 14.4 Å². The maximum absolute atomic E-state index is 13.5. The Morgan fingerprint density at radius 3 is 2.10 bits per heavy atom. The third kappa shape index (κ3) is 3.27. The van der Waals surface area contributed by atoms with Crippen LogP contribution >= 0.6 is 0 Å². The summed E-state index contributed by atoms with van der Waals surface area (Å²) < 4.78 is 0. The van der Waals surface area contributed by atoms with Crippen LogP contribution < -0.4 is 5.32 Å². The van der Waals surface area contributed by atoms with Crippen molar-refractivity contribution in [1.29, 1.82) is 0 Å². The van der Waals surface area contributed by atoms with Crippen LogP contribution in [-0.2, 0) is 9.63 Å². The van der Waals surface area contributed by atoms with Gasteiger partial charge < -0.3 is 10.2 Å². The molecule has 2 aromatic rings. The number of hydrogen-bond donors (Lipinski definition) is 1. The number of fused-ring (bicyclic) bond motifs is 2. The molecule has 0 radical (unpaired) electrons. The molecule has 0 heterocycles. The third-order valence-corrected chi connectivity index (χ3v) is 8.00. The molecular weight excluding hydrogens is 388 g/mol. The van der Waals surface area contributed by atoms with Crippen molar-refractivity contribution in [2.45, 2.75) is 53.9 Å². The third-order valence-electron chi connectivity index (χ3n) is 8.00. The molecule has 2 aliphatic rings. The van der Waals surface area contributed by atoms with E-state index in [2.05, 4.69) is 31.2 Å². The highest BCUT2D eigenvalue weighted by atomic mass is 16.7. The van der Waals surface area contributed by atoms with Crippen LogP contribution in [0.5, 0.6) is 0 Å². The Morgan fingerprint density at radius 1 is 0.903 bits per heavy atom. The summed E-state index contributed by atoms with van der Waals surface area (Å²) in [4.78, 5) is 31.3. The lowest BCUT2D eigenvalue weighted by Gasteiger charge is -2.39. The van der Waals surface area contributed by atoms with Gasteiger partial charge in [0.15, 0.2) is 0 Å². The second-order valence-corrected chi connectivity index (χ2v) is 9.82. The van der Waals surface area contributed by atoms with E-state index >= 15 is 0 Å². The number of carbonyl (C=O) groups is 2. The first-order valence-corrected chi connectivity index (χ1v) is 10.8. The van der Waals surface area contributed by atoms with E-state index in [1.54, 1.807) is 12.1 Å². The first-order chi connectivity index (χ1) is 14.6. The van der Waals surface area contributed by atoms with Gasteiger partial charge in [-0.3, -0.25) is 4.79 Å². The molecule has 2 bridgehead atoms. The molecule has 31 heavy (non-hydrogen) atoms. The SMILES string of the molecule is Cc1ccc(NC(=O)C23CCC(C)(C(=NOC(=O)c4ccc(C)cc4)C2)C3(C)C)cc1. The number of benzene rings is 2. The zero-order chi connectivity index (χ0) is 22.4. The molecule has 4 rings (SSSR count). The molecule has 0 spiro atoms. The Bertz CT molecular complexity index is 1050. The molecule has 2 fully saturated rings. The van der Waals surface area contributed by atoms with Crippen LogP contribution in [0.1, 0.15) is 61.5 Å². The van der Waals surface area contributed by atoms with E-state index in [0.29, 0.717) is 12.0 Å². The average molecular weight is 419 g/mol. The van der Waals surface area contributed by atoms with Gasteiger partial charge in [0.2, 0.25) is 5.91 Å². The van der Waals surface area contributed by atoms with Gasteiger partial charge in [-0.15, -0.1) is 0 Å². The number of rotatable bonds is 4. The first-order valence-electron chi connectivity index (χ1n) is 10.8. The summed E-state index contributed by atoms with van der Waals surface area (Å²) in [5.74, 6) is -0.463. The Morgan fingerprint density at radius 2 is 1.48 bits per heavy atom. The van der Waals surface area contributed by atoms with Gasteiger partial charge in [-0.2, -0.15) is 0 Å². The Balaban J connectivity index is 1.57. The number of oxime groups is 1. The summed E-state index contributed by atoms with van der Waals surface area (Å²) in [6.07, 6.45) is 2.12. The Labute approximate surface area is 183 Å². The van der Waals surface area contributed by atoms with Crippen molar-refractivity contribution in [3.05, 3.63) is 65.2 Å². The Hall–Kier alpha value is -2.95. The molecule has 162 valence electrons. The summed E-state index contributed by atoms with van der Waals surface area (Å²) in [7, 11) is 0. The molecule has 0 aliphatic heterocycles. The van der Waals surface area contributed by atoms with Crippen molar-refractivity contribution in [3.63, 3.8) is 0 Å². The van der Waals surface area contributed by atoms with Crippen molar-refractivity contribution in [2.75, 3.05) is 5.32 Å². The molecule has 1 N–H and O–H groups in total. The fourth-order valence-corrected chi connectivity index (χ4v) is 5.25. The molecule has 5 heteroatoms. The molecule has 0 aromatic heterocycles. The smallest absolute Gasteiger partial charge is 0.326 e. The van der Waals surface area contributed by atoms with E-state index in [9.17, 15) is 9.59 Å². The van der Waals surface area contributed by atoms with Crippen LogP contribution in [0.2, 0.25) is 0 Å². The average Bonchev–Trinajstić information content (AvgIpc) is 3.05. The van der Waals surface area contributed by atoms with Crippen LogP contribution in [0, 0.1) is 30.1 Å². The number of amides is 1. The number of aryl methyl sites for hydroxylation is 2. The number of nitrogens with one attached hydrogen (secondary N) is 1. The molecule has 2 saturated carbocycles. The largest absolute Gasteiger partial charge is 0.365 e. The molecule has 1 amide bonds. The summed E-state index contributed by atoms with van der Waals surface area (Å²) in [6.45, 7) is 10.4. The number of hydrogen-bond acceptors (Lipinski definition) is 4. The maximum atomic E-state index is 13.5. The maximum Gasteiger partial charge on any atom is 0.365 e. The molecule has 2 atom stereocenters. The quantitative estimate of drug-likeness (QED) is 0.514. The molecule has 2 unspecified atom stereocenters. The molecule has 5 nitrogen and oxygen atoms in total. The van der Waals surface area contributed by atoms with Crippen LogP contribution in [0.15, 0.2) is 53.7 Å². The number of carbonyl (C=O) groups excluding carboxylic acids is 2. The molecule has 2 aliphatic carbocycles. The lowest BCUT2D eigenvalue weighted by atomic mass is 9.64. The van der Waals surface area contributed by atoms with Crippen molar-refractivity contribution in [3.8, 4) is 0 Å². The van der Waals surface area contributed by atoms with E-state index in [0.717, 1.165) is 35.4 Å². The second kappa shape index (κ2) is 7.33. The van der Waals surface area contributed by atoms with Gasteiger partial charge in [-0.1, -0.05) is 61.3 Å². The van der Waals surface area contributed by atoms with E-state index in [1.807, 2.05) is 50.2 Å². The van der Waals surface area contributed by atoms with Gasteiger partial charge in [-0.05, 0) is 56.4 Å². The lowest BCUT2D eigenvalue weighted by Crippen LogP contribution is -2.43. The van der Waals surface area contributed by atoms with Crippen molar-refractivity contribution in [2.24, 2.45) is 21.4 Å². The highest BCUT2D eigenvalue weighted by molar-refractivity contribution is 6.06. The van der Waals surface area contributed by atoms with E-state index in [4.69, 9.17) is 4.84 Å². The predicted octanol–water partition coefficient (Wildman–Crippen LogP) is 5.67. The minimum atomic E-state index is -0.582. The second-order valence-electron chi connectivity index (χ2n) is 9.82. The molecular formula is C26H30N2O3. The monoisotopic (exact) mass is 418 g/mol. The summed E-state index contributed by atoms with van der Waals surface area (Å²) in [5, 5.41) is 7.42. The van der Waals surface area contributed by atoms with E-state index < -0.39 is 11.4 Å².